The van der Waals surface area contributed by atoms with Crippen molar-refractivity contribution in [2.45, 2.75) is 26.7 Å². The van der Waals surface area contributed by atoms with E-state index >= 15 is 0 Å². The van der Waals surface area contributed by atoms with E-state index in [0.717, 1.165) is 0 Å². The number of fused-ring (bicyclic) bond motifs is 1. The van der Waals surface area contributed by atoms with Gasteiger partial charge in [0, 0.05) is 23.1 Å². The van der Waals surface area contributed by atoms with Gasteiger partial charge in [0.2, 0.25) is 5.76 Å². The average Bonchev–Trinajstić information content (AvgIpc) is 2.90. The van der Waals surface area contributed by atoms with Crippen LogP contribution in [0.25, 0.3) is 6.08 Å². The molecular formula is C19H17FO4. The van der Waals surface area contributed by atoms with Crippen LogP contribution in [-0.4, -0.2) is 18.4 Å². The Labute approximate surface area is 138 Å². The molecule has 0 spiro atoms. The van der Waals surface area contributed by atoms with Crippen molar-refractivity contribution in [3.63, 3.8) is 0 Å². The molecule has 0 bridgehead atoms. The van der Waals surface area contributed by atoms with Gasteiger partial charge in [0.15, 0.2) is 5.78 Å². The summed E-state index contributed by atoms with van der Waals surface area (Å²) in [4.78, 5) is 24.7. The van der Waals surface area contributed by atoms with E-state index in [4.69, 9.17) is 9.15 Å². The first-order valence-corrected chi connectivity index (χ1v) is 7.82. The lowest BCUT2D eigenvalue weighted by Crippen LogP contribution is -2.13. The average molecular weight is 328 g/mol. The lowest BCUT2D eigenvalue weighted by molar-refractivity contribution is 0.0486. The first-order chi connectivity index (χ1) is 11.5. The van der Waals surface area contributed by atoms with Gasteiger partial charge in [0.1, 0.15) is 11.6 Å². The van der Waals surface area contributed by atoms with Gasteiger partial charge in [-0.05, 0) is 32.4 Å². The van der Waals surface area contributed by atoms with Crippen molar-refractivity contribution in [1.82, 2.24) is 0 Å². The number of carbonyl (C=O) groups is 2. The van der Waals surface area contributed by atoms with E-state index in [1.807, 2.05) is 0 Å². The van der Waals surface area contributed by atoms with Crippen LogP contribution in [0, 0.1) is 12.7 Å². The summed E-state index contributed by atoms with van der Waals surface area (Å²) in [5, 5.41) is 0. The Morgan fingerprint density at radius 3 is 2.79 bits per heavy atom. The SMILES string of the molecule is CCOC(=O)c1oc2c(c1C)C(=O)C(=Cc1ccccc1F)CC2. The van der Waals surface area contributed by atoms with E-state index in [0.29, 0.717) is 40.9 Å². The number of benzene rings is 1. The number of ketones is 1. The van der Waals surface area contributed by atoms with Crippen LogP contribution in [0.5, 0.6) is 0 Å². The number of halogens is 1. The molecule has 1 heterocycles. The maximum Gasteiger partial charge on any atom is 0.374 e. The topological polar surface area (TPSA) is 56.5 Å². The fourth-order valence-corrected chi connectivity index (χ4v) is 2.88. The molecular weight excluding hydrogens is 311 g/mol. The third kappa shape index (κ3) is 2.77. The smallest absolute Gasteiger partial charge is 0.374 e. The van der Waals surface area contributed by atoms with E-state index in [1.54, 1.807) is 38.1 Å². The predicted octanol–water partition coefficient (Wildman–Crippen LogP) is 4.12. The fourth-order valence-electron chi connectivity index (χ4n) is 2.88. The van der Waals surface area contributed by atoms with Crippen molar-refractivity contribution in [3.05, 3.63) is 63.9 Å². The van der Waals surface area contributed by atoms with Crippen LogP contribution in [0.15, 0.2) is 34.3 Å². The summed E-state index contributed by atoms with van der Waals surface area (Å²) in [6, 6.07) is 6.30. The summed E-state index contributed by atoms with van der Waals surface area (Å²) in [6.45, 7) is 3.60. The van der Waals surface area contributed by atoms with Crippen LogP contribution < -0.4 is 0 Å². The number of rotatable bonds is 3. The molecule has 5 heteroatoms. The first kappa shape index (κ1) is 16.2. The number of aryl methyl sites for hydroxylation is 1. The zero-order valence-electron chi connectivity index (χ0n) is 13.5. The van der Waals surface area contributed by atoms with Crippen molar-refractivity contribution in [2.75, 3.05) is 6.61 Å². The Balaban J connectivity index is 1.99. The molecule has 0 fully saturated rings. The highest BCUT2D eigenvalue weighted by molar-refractivity contribution is 6.14. The molecule has 1 aliphatic carbocycles. The van der Waals surface area contributed by atoms with Crippen molar-refractivity contribution < 1.29 is 23.1 Å². The van der Waals surface area contributed by atoms with Crippen LogP contribution in [0.2, 0.25) is 0 Å². The van der Waals surface area contributed by atoms with Gasteiger partial charge < -0.3 is 9.15 Å². The standard InChI is InChI=1S/C19H17FO4/c1-3-23-19(22)18-11(2)16-15(24-18)9-8-13(17(16)21)10-12-6-4-5-7-14(12)20/h4-7,10H,3,8-9H2,1-2H3. The molecule has 3 rings (SSSR count). The lowest BCUT2D eigenvalue weighted by Gasteiger charge is -2.13. The minimum atomic E-state index is -0.572. The normalized spacial score (nSPS) is 15.5. The third-order valence-corrected chi connectivity index (χ3v) is 4.06. The number of allylic oxidation sites excluding steroid dienone is 1. The van der Waals surface area contributed by atoms with Gasteiger partial charge in [-0.3, -0.25) is 4.79 Å². The maximum absolute atomic E-state index is 13.8. The largest absolute Gasteiger partial charge is 0.460 e. The molecule has 0 saturated carbocycles. The minimum Gasteiger partial charge on any atom is -0.460 e. The van der Waals surface area contributed by atoms with Crippen LogP contribution in [0.1, 0.15) is 51.1 Å². The fraction of sp³-hybridized carbons (Fsp3) is 0.263. The Bertz CT molecular complexity index is 845. The number of esters is 1. The van der Waals surface area contributed by atoms with Crippen LogP contribution in [-0.2, 0) is 11.2 Å². The molecule has 124 valence electrons. The monoisotopic (exact) mass is 328 g/mol. The number of hydrogen-bond acceptors (Lipinski definition) is 4. The highest BCUT2D eigenvalue weighted by Gasteiger charge is 2.32. The van der Waals surface area contributed by atoms with E-state index in [2.05, 4.69) is 0 Å². The Kier molecular flexibility index (Phi) is 4.34. The van der Waals surface area contributed by atoms with Crippen molar-refractivity contribution in [3.8, 4) is 0 Å². The van der Waals surface area contributed by atoms with Gasteiger partial charge in [-0.2, -0.15) is 0 Å². The summed E-state index contributed by atoms with van der Waals surface area (Å²) < 4.78 is 24.3. The van der Waals surface area contributed by atoms with Crippen molar-refractivity contribution in [2.24, 2.45) is 0 Å². The molecule has 2 aromatic rings. The van der Waals surface area contributed by atoms with Gasteiger partial charge in [-0.1, -0.05) is 18.2 Å². The van der Waals surface area contributed by atoms with Gasteiger partial charge in [0.05, 0.1) is 12.2 Å². The second-order valence-electron chi connectivity index (χ2n) is 5.60. The highest BCUT2D eigenvalue weighted by atomic mass is 19.1. The van der Waals surface area contributed by atoms with Crippen LogP contribution in [0.3, 0.4) is 0 Å². The number of Topliss-reactive ketones (excluding diaryl/α,β-unsaturated/α-hetero) is 1. The third-order valence-electron chi connectivity index (χ3n) is 4.06. The van der Waals surface area contributed by atoms with E-state index < -0.39 is 5.97 Å². The van der Waals surface area contributed by atoms with E-state index in [9.17, 15) is 14.0 Å². The van der Waals surface area contributed by atoms with Crippen LogP contribution in [0.4, 0.5) is 4.39 Å². The van der Waals surface area contributed by atoms with E-state index in [-0.39, 0.29) is 24.0 Å². The predicted molar refractivity (Wildman–Crippen MR) is 86.4 cm³/mol. The molecule has 0 radical (unpaired) electrons. The highest BCUT2D eigenvalue weighted by Crippen LogP contribution is 2.33. The van der Waals surface area contributed by atoms with Crippen molar-refractivity contribution in [1.29, 1.82) is 0 Å². The summed E-state index contributed by atoms with van der Waals surface area (Å²) >= 11 is 0. The quantitative estimate of drug-likeness (QED) is 0.628. The molecule has 24 heavy (non-hydrogen) atoms. The lowest BCUT2D eigenvalue weighted by atomic mass is 9.88. The molecule has 1 aromatic heterocycles. The minimum absolute atomic E-state index is 0.0716. The van der Waals surface area contributed by atoms with Crippen molar-refractivity contribution >= 4 is 17.8 Å². The molecule has 0 N–H and O–H groups in total. The van der Waals surface area contributed by atoms with Gasteiger partial charge >= 0.3 is 5.97 Å². The zero-order valence-corrected chi connectivity index (χ0v) is 13.5. The first-order valence-electron chi connectivity index (χ1n) is 7.82. The van der Waals surface area contributed by atoms with Crippen LogP contribution >= 0.6 is 0 Å². The number of carbonyl (C=O) groups excluding carboxylic acids is 2. The summed E-state index contributed by atoms with van der Waals surface area (Å²) in [5.74, 6) is -0.610. The molecule has 1 aliphatic rings. The zero-order chi connectivity index (χ0) is 17.3. The molecule has 0 amide bonds. The Hall–Kier alpha value is -2.69. The second kappa shape index (κ2) is 6.43. The second-order valence-corrected chi connectivity index (χ2v) is 5.60. The number of hydrogen-bond donors (Lipinski definition) is 0. The molecule has 1 aromatic carbocycles. The Morgan fingerprint density at radius 1 is 1.33 bits per heavy atom. The summed E-state index contributed by atoms with van der Waals surface area (Å²) in [6.07, 6.45) is 2.49. The van der Waals surface area contributed by atoms with E-state index in [1.165, 1.54) is 6.07 Å². The molecule has 0 aliphatic heterocycles. The molecule has 0 atom stereocenters. The maximum atomic E-state index is 13.8. The van der Waals surface area contributed by atoms with Gasteiger partial charge in [-0.15, -0.1) is 0 Å². The molecule has 0 saturated heterocycles. The molecule has 0 unspecified atom stereocenters. The summed E-state index contributed by atoms with van der Waals surface area (Å²) in [7, 11) is 0. The molecule has 4 nitrogen and oxygen atoms in total. The number of furan rings is 1. The summed E-state index contributed by atoms with van der Waals surface area (Å²) in [5.41, 5.74) is 1.75. The number of ether oxygens (including phenoxy) is 1. The Morgan fingerprint density at radius 2 is 2.08 bits per heavy atom. The van der Waals surface area contributed by atoms with Gasteiger partial charge in [-0.25, -0.2) is 9.18 Å². The van der Waals surface area contributed by atoms with Gasteiger partial charge in [0.25, 0.3) is 0 Å².